The molecule has 0 aliphatic heterocycles. The van der Waals surface area contributed by atoms with Crippen molar-refractivity contribution >= 4 is 17.1 Å². The highest BCUT2D eigenvalue weighted by Crippen LogP contribution is 2.57. The van der Waals surface area contributed by atoms with Crippen molar-refractivity contribution in [2.75, 3.05) is 14.2 Å². The van der Waals surface area contributed by atoms with Crippen molar-refractivity contribution in [3.8, 4) is 11.5 Å². The lowest BCUT2D eigenvalue weighted by atomic mass is 9.50. The second kappa shape index (κ2) is 9.46. The number of Topliss-reactive ketones (excluding diaryl/α,β-unsaturated/α-hetero) is 1. The SMILES string of the molecule is C=CC1=CC[C@H]2C(=O)C(c3ccccc3)=CC(=O)[C@@]2(c2ccccc2)[C@H]1c1ccc(OC)c(OC)c1. The minimum Gasteiger partial charge on any atom is -0.493 e. The van der Waals surface area contributed by atoms with E-state index in [0.29, 0.717) is 23.5 Å². The van der Waals surface area contributed by atoms with Gasteiger partial charge in [-0.05, 0) is 46.9 Å². The van der Waals surface area contributed by atoms with E-state index in [4.69, 9.17) is 9.47 Å². The average molecular weight is 477 g/mol. The van der Waals surface area contributed by atoms with Crippen LogP contribution < -0.4 is 9.47 Å². The van der Waals surface area contributed by atoms with Gasteiger partial charge in [-0.1, -0.05) is 85.5 Å². The third-order valence-electron chi connectivity index (χ3n) is 7.51. The maximum absolute atomic E-state index is 14.5. The van der Waals surface area contributed by atoms with Gasteiger partial charge in [0.2, 0.25) is 0 Å². The van der Waals surface area contributed by atoms with Gasteiger partial charge >= 0.3 is 0 Å². The molecule has 5 rings (SSSR count). The zero-order chi connectivity index (χ0) is 25.3. The van der Waals surface area contributed by atoms with E-state index < -0.39 is 17.3 Å². The van der Waals surface area contributed by atoms with E-state index in [9.17, 15) is 9.59 Å². The number of allylic oxidation sites excluding steroid dienone is 5. The summed E-state index contributed by atoms with van der Waals surface area (Å²) in [7, 11) is 3.18. The Bertz CT molecular complexity index is 1380. The van der Waals surface area contributed by atoms with Crippen LogP contribution in [-0.4, -0.2) is 25.8 Å². The third kappa shape index (κ3) is 3.53. The summed E-state index contributed by atoms with van der Waals surface area (Å²) in [5, 5.41) is 0. The number of carbonyl (C=O) groups excluding carboxylic acids is 2. The van der Waals surface area contributed by atoms with Crippen LogP contribution in [0.15, 0.2) is 109 Å². The molecule has 4 heteroatoms. The standard InChI is InChI=1S/C32H28O4/c1-4-21-15-17-26-31(34)25(22-11-7-5-8-12-22)20-29(33)32(26,24-13-9-6-10-14-24)30(21)23-16-18-27(35-2)28(19-23)36-3/h4-16,18-20,26,30H,1,17H2,2-3H3/t26-,30+,32-/m0/s1. The van der Waals surface area contributed by atoms with Crippen molar-refractivity contribution in [2.24, 2.45) is 5.92 Å². The molecule has 0 aromatic heterocycles. The summed E-state index contributed by atoms with van der Waals surface area (Å²) in [5.41, 5.74) is 2.72. The second-order valence-corrected chi connectivity index (χ2v) is 9.13. The van der Waals surface area contributed by atoms with Gasteiger partial charge in [0.25, 0.3) is 0 Å². The van der Waals surface area contributed by atoms with Gasteiger partial charge < -0.3 is 9.47 Å². The van der Waals surface area contributed by atoms with Gasteiger partial charge in [0.05, 0.1) is 19.6 Å². The molecule has 0 unspecified atom stereocenters. The number of benzene rings is 3. The van der Waals surface area contributed by atoms with Crippen LogP contribution in [0.3, 0.4) is 0 Å². The molecule has 0 amide bonds. The lowest BCUT2D eigenvalue weighted by molar-refractivity contribution is -0.131. The molecule has 2 aliphatic carbocycles. The molecule has 0 bridgehead atoms. The van der Waals surface area contributed by atoms with E-state index in [1.54, 1.807) is 26.4 Å². The van der Waals surface area contributed by atoms with E-state index in [1.807, 2.05) is 78.9 Å². The Morgan fingerprint density at radius 2 is 1.56 bits per heavy atom. The fraction of sp³-hybridized carbons (Fsp3) is 0.188. The summed E-state index contributed by atoms with van der Waals surface area (Å²) in [4.78, 5) is 28.6. The van der Waals surface area contributed by atoms with Crippen LogP contribution in [0.4, 0.5) is 0 Å². The van der Waals surface area contributed by atoms with E-state index >= 15 is 0 Å². The van der Waals surface area contributed by atoms with Gasteiger partial charge in [-0.25, -0.2) is 0 Å². The topological polar surface area (TPSA) is 52.6 Å². The van der Waals surface area contributed by atoms with Gasteiger partial charge in [-0.3, -0.25) is 9.59 Å². The third-order valence-corrected chi connectivity index (χ3v) is 7.51. The van der Waals surface area contributed by atoms with Crippen molar-refractivity contribution in [2.45, 2.75) is 17.8 Å². The molecule has 3 atom stereocenters. The molecule has 0 N–H and O–H groups in total. The summed E-state index contributed by atoms with van der Waals surface area (Å²) in [6.07, 6.45) is 5.87. The lowest BCUT2D eigenvalue weighted by Crippen LogP contribution is -2.54. The van der Waals surface area contributed by atoms with Crippen LogP contribution >= 0.6 is 0 Å². The first kappa shape index (κ1) is 23.6. The van der Waals surface area contributed by atoms with E-state index in [0.717, 1.165) is 22.3 Å². The monoisotopic (exact) mass is 476 g/mol. The average Bonchev–Trinajstić information content (AvgIpc) is 2.94. The van der Waals surface area contributed by atoms with Crippen LogP contribution in [0.2, 0.25) is 0 Å². The lowest BCUT2D eigenvalue weighted by Gasteiger charge is -2.49. The Balaban J connectivity index is 1.80. The molecule has 3 aromatic rings. The molecule has 180 valence electrons. The van der Waals surface area contributed by atoms with Crippen LogP contribution in [-0.2, 0) is 15.0 Å². The quantitative estimate of drug-likeness (QED) is 0.432. The second-order valence-electron chi connectivity index (χ2n) is 9.13. The molecule has 0 saturated heterocycles. The largest absolute Gasteiger partial charge is 0.493 e. The molecule has 36 heavy (non-hydrogen) atoms. The Morgan fingerprint density at radius 1 is 0.889 bits per heavy atom. The van der Waals surface area contributed by atoms with Crippen molar-refractivity contribution in [3.63, 3.8) is 0 Å². The fourth-order valence-electron chi connectivity index (χ4n) is 5.92. The molecule has 0 heterocycles. The normalized spacial score (nSPS) is 23.3. The van der Waals surface area contributed by atoms with Crippen LogP contribution in [0.25, 0.3) is 5.57 Å². The first-order valence-electron chi connectivity index (χ1n) is 12.0. The molecule has 0 radical (unpaired) electrons. The van der Waals surface area contributed by atoms with Crippen LogP contribution in [0.1, 0.15) is 29.0 Å². The number of ketones is 2. The highest BCUT2D eigenvalue weighted by molar-refractivity contribution is 6.31. The minimum atomic E-state index is -1.12. The maximum atomic E-state index is 14.5. The smallest absolute Gasteiger partial charge is 0.168 e. The zero-order valence-electron chi connectivity index (χ0n) is 20.4. The number of rotatable bonds is 6. The van der Waals surface area contributed by atoms with Crippen molar-refractivity contribution in [3.05, 3.63) is 126 Å². The van der Waals surface area contributed by atoms with E-state index in [2.05, 4.69) is 12.7 Å². The van der Waals surface area contributed by atoms with Gasteiger partial charge in [-0.2, -0.15) is 0 Å². The summed E-state index contributed by atoms with van der Waals surface area (Å²) in [6.45, 7) is 4.07. The first-order valence-corrected chi connectivity index (χ1v) is 12.0. The van der Waals surface area contributed by atoms with Crippen molar-refractivity contribution < 1.29 is 19.1 Å². The first-order chi connectivity index (χ1) is 17.6. The van der Waals surface area contributed by atoms with Gasteiger partial charge in [-0.15, -0.1) is 0 Å². The molecule has 3 aromatic carbocycles. The molecule has 0 saturated carbocycles. The van der Waals surface area contributed by atoms with Gasteiger partial charge in [0.15, 0.2) is 23.1 Å². The predicted molar refractivity (Wildman–Crippen MR) is 141 cm³/mol. The Labute approximate surface area is 211 Å². The Hall–Kier alpha value is -4.18. The van der Waals surface area contributed by atoms with Crippen LogP contribution in [0, 0.1) is 5.92 Å². The molecular formula is C32H28O4. The zero-order valence-corrected chi connectivity index (χ0v) is 20.4. The van der Waals surface area contributed by atoms with E-state index in [1.165, 1.54) is 0 Å². The molecule has 2 aliphatic rings. The predicted octanol–water partition coefficient (Wildman–Crippen LogP) is 6.09. The van der Waals surface area contributed by atoms with Crippen molar-refractivity contribution in [1.29, 1.82) is 0 Å². The van der Waals surface area contributed by atoms with E-state index in [-0.39, 0.29) is 11.6 Å². The summed E-state index contributed by atoms with van der Waals surface area (Å²) >= 11 is 0. The van der Waals surface area contributed by atoms with Crippen LogP contribution in [0.5, 0.6) is 11.5 Å². The number of hydrogen-bond acceptors (Lipinski definition) is 4. The molecule has 0 spiro atoms. The number of fused-ring (bicyclic) bond motifs is 1. The highest BCUT2D eigenvalue weighted by atomic mass is 16.5. The number of ether oxygens (including phenoxy) is 2. The molecule has 4 nitrogen and oxygen atoms in total. The number of hydrogen-bond donors (Lipinski definition) is 0. The van der Waals surface area contributed by atoms with Crippen molar-refractivity contribution in [1.82, 2.24) is 0 Å². The molecular weight excluding hydrogens is 448 g/mol. The summed E-state index contributed by atoms with van der Waals surface area (Å²) in [6, 6.07) is 24.8. The number of methoxy groups -OCH3 is 2. The summed E-state index contributed by atoms with van der Waals surface area (Å²) < 4.78 is 11.1. The fourth-order valence-corrected chi connectivity index (χ4v) is 5.92. The highest BCUT2D eigenvalue weighted by Gasteiger charge is 2.59. The Morgan fingerprint density at radius 3 is 2.19 bits per heavy atom. The molecule has 0 fully saturated rings. The van der Waals surface area contributed by atoms with Gasteiger partial charge in [0.1, 0.15) is 0 Å². The number of carbonyl (C=O) groups is 2. The minimum absolute atomic E-state index is 0.0190. The maximum Gasteiger partial charge on any atom is 0.168 e. The van der Waals surface area contributed by atoms with Gasteiger partial charge in [0, 0.05) is 17.4 Å². The summed E-state index contributed by atoms with van der Waals surface area (Å²) in [5.74, 6) is 0.0805. The Kier molecular flexibility index (Phi) is 6.19.